The van der Waals surface area contributed by atoms with Crippen LogP contribution in [0.5, 0.6) is 0 Å². The second kappa shape index (κ2) is 9.70. The maximum Gasteiger partial charge on any atom is 0.427 e. The minimum absolute atomic E-state index is 0.0265. The highest BCUT2D eigenvalue weighted by molar-refractivity contribution is 7.86. The Morgan fingerprint density at radius 3 is 2.03 bits per heavy atom. The number of rotatable bonds is 7. The molecular formula is C24H21F3N2O6S. The first kappa shape index (κ1) is 26.8. The summed E-state index contributed by atoms with van der Waals surface area (Å²) in [7, 11) is -4.61. The second-order valence-corrected chi connectivity index (χ2v) is 9.65. The molecule has 0 bridgehead atoms. The fourth-order valence-electron chi connectivity index (χ4n) is 3.85. The molecule has 12 heteroatoms. The summed E-state index contributed by atoms with van der Waals surface area (Å²) >= 11 is 0. The van der Waals surface area contributed by atoms with Crippen LogP contribution in [0.1, 0.15) is 32.6 Å². The molecule has 0 saturated heterocycles. The average molecular weight is 523 g/mol. The number of hydrogen-bond donors (Lipinski definition) is 1. The molecule has 0 fully saturated rings. The summed E-state index contributed by atoms with van der Waals surface area (Å²) in [5, 5.41) is 13.6. The van der Waals surface area contributed by atoms with Crippen LogP contribution in [0.3, 0.4) is 0 Å². The Labute approximate surface area is 205 Å². The Morgan fingerprint density at radius 1 is 0.944 bits per heavy atom. The number of nitrogens with zero attached hydrogens (tertiary/aromatic N) is 1. The quantitative estimate of drug-likeness (QED) is 0.258. The lowest BCUT2D eigenvalue weighted by molar-refractivity contribution is -0.384. The van der Waals surface area contributed by atoms with E-state index in [1.807, 2.05) is 0 Å². The number of carbonyl (C=O) groups excluding carboxylic acids is 1. The van der Waals surface area contributed by atoms with E-state index in [2.05, 4.69) is 5.32 Å². The van der Waals surface area contributed by atoms with Gasteiger partial charge in [-0.1, -0.05) is 48.5 Å². The summed E-state index contributed by atoms with van der Waals surface area (Å²) in [6.45, 7) is 2.87. The van der Waals surface area contributed by atoms with Crippen molar-refractivity contribution in [3.8, 4) is 0 Å². The molecular weight excluding hydrogens is 501 g/mol. The average Bonchev–Trinajstić information content (AvgIpc) is 2.78. The first-order valence-corrected chi connectivity index (χ1v) is 12.2. The fraction of sp³-hybridized carbons (Fsp3) is 0.208. The molecule has 0 heterocycles. The maximum atomic E-state index is 14.7. The van der Waals surface area contributed by atoms with Gasteiger partial charge in [-0.2, -0.15) is 21.6 Å². The zero-order chi connectivity index (χ0) is 26.9. The van der Waals surface area contributed by atoms with Gasteiger partial charge in [0, 0.05) is 23.4 Å². The number of amides is 1. The Bertz CT molecular complexity index is 1400. The number of aryl methyl sites for hydroxylation is 2. The van der Waals surface area contributed by atoms with Gasteiger partial charge in [0.15, 0.2) is 0 Å². The number of halogens is 3. The lowest BCUT2D eigenvalue weighted by Gasteiger charge is -2.36. The van der Waals surface area contributed by atoms with Crippen molar-refractivity contribution in [2.45, 2.75) is 25.6 Å². The number of hydrogen-bond acceptors (Lipinski definition) is 6. The van der Waals surface area contributed by atoms with E-state index < -0.39 is 43.9 Å². The van der Waals surface area contributed by atoms with Crippen LogP contribution in [0.4, 0.5) is 24.5 Å². The molecule has 3 aromatic rings. The van der Waals surface area contributed by atoms with Gasteiger partial charge < -0.3 is 5.32 Å². The summed E-state index contributed by atoms with van der Waals surface area (Å²) < 4.78 is 72.8. The molecule has 1 N–H and O–H groups in total. The Balaban J connectivity index is 2.15. The van der Waals surface area contributed by atoms with E-state index in [1.54, 1.807) is 0 Å². The number of nitro benzene ring substituents is 1. The zero-order valence-corrected chi connectivity index (χ0v) is 20.1. The summed E-state index contributed by atoms with van der Waals surface area (Å²) in [6, 6.07) is 13.5. The van der Waals surface area contributed by atoms with Crippen molar-refractivity contribution in [2.75, 3.05) is 11.6 Å². The van der Waals surface area contributed by atoms with E-state index in [1.165, 1.54) is 50.2 Å². The van der Waals surface area contributed by atoms with Gasteiger partial charge in [0.2, 0.25) is 5.60 Å². The smallest absolute Gasteiger partial charge is 0.321 e. The van der Waals surface area contributed by atoms with Gasteiger partial charge in [-0.25, -0.2) is 4.18 Å². The van der Waals surface area contributed by atoms with Crippen LogP contribution < -0.4 is 5.32 Å². The van der Waals surface area contributed by atoms with Crippen LogP contribution >= 0.6 is 0 Å². The van der Waals surface area contributed by atoms with Crippen molar-refractivity contribution in [1.29, 1.82) is 0 Å². The molecule has 1 atom stereocenters. The zero-order valence-electron chi connectivity index (χ0n) is 19.3. The molecule has 3 aromatic carbocycles. The normalized spacial score (nSPS) is 13.6. The molecule has 0 aromatic heterocycles. The summed E-state index contributed by atoms with van der Waals surface area (Å²) in [6.07, 6.45) is -4.66. The minimum Gasteiger partial charge on any atom is -0.321 e. The molecule has 0 aliphatic carbocycles. The molecule has 190 valence electrons. The first-order valence-electron chi connectivity index (χ1n) is 10.4. The number of anilines is 1. The van der Waals surface area contributed by atoms with Crippen molar-refractivity contribution < 1.29 is 35.5 Å². The molecule has 0 spiro atoms. The van der Waals surface area contributed by atoms with Crippen LogP contribution in [-0.2, 0) is 19.9 Å². The third kappa shape index (κ3) is 5.39. The van der Waals surface area contributed by atoms with Gasteiger partial charge in [0.25, 0.3) is 21.7 Å². The van der Waals surface area contributed by atoms with E-state index in [-0.39, 0.29) is 28.1 Å². The van der Waals surface area contributed by atoms with Crippen molar-refractivity contribution in [3.05, 3.63) is 105 Å². The van der Waals surface area contributed by atoms with Crippen LogP contribution in [0.15, 0.2) is 66.7 Å². The van der Waals surface area contributed by atoms with Crippen LogP contribution in [0.25, 0.3) is 0 Å². The molecule has 0 radical (unpaired) electrons. The number of carbonyl (C=O) groups is 1. The minimum atomic E-state index is -5.19. The van der Waals surface area contributed by atoms with Crippen molar-refractivity contribution in [2.24, 2.45) is 0 Å². The third-order valence-electron chi connectivity index (χ3n) is 5.35. The highest BCUT2D eigenvalue weighted by Crippen LogP contribution is 2.49. The van der Waals surface area contributed by atoms with E-state index in [0.717, 1.165) is 30.3 Å². The van der Waals surface area contributed by atoms with E-state index in [9.17, 15) is 36.5 Å². The predicted octanol–water partition coefficient (Wildman–Crippen LogP) is 5.25. The SMILES string of the molecule is Cc1cc(C(OS(C)(=O)=O)(c2ccccc2)C(F)(F)F)cc(C)c1NC(=O)c1cccc([N+](=O)[O-])c1. The van der Waals surface area contributed by atoms with Gasteiger partial charge in [-0.05, 0) is 42.2 Å². The number of nitrogens with one attached hydrogen (secondary N) is 1. The predicted molar refractivity (Wildman–Crippen MR) is 126 cm³/mol. The molecule has 3 rings (SSSR count). The topological polar surface area (TPSA) is 116 Å². The van der Waals surface area contributed by atoms with E-state index in [4.69, 9.17) is 4.18 Å². The monoisotopic (exact) mass is 522 g/mol. The molecule has 0 saturated carbocycles. The molecule has 36 heavy (non-hydrogen) atoms. The molecule has 0 aliphatic heterocycles. The first-order chi connectivity index (χ1) is 16.7. The van der Waals surface area contributed by atoms with Gasteiger partial charge in [0.1, 0.15) is 0 Å². The van der Waals surface area contributed by atoms with E-state index in [0.29, 0.717) is 6.26 Å². The standard InChI is InChI=1S/C24H21F3N2O6S/c1-15-12-19(23(24(25,26)27,35-36(3,33)34)18-9-5-4-6-10-18)13-16(2)21(15)28-22(30)17-8-7-11-20(14-17)29(31)32/h4-14H,1-3H3,(H,28,30). The van der Waals surface area contributed by atoms with Crippen LogP contribution in [-0.4, -0.2) is 31.7 Å². The lowest BCUT2D eigenvalue weighted by atomic mass is 9.83. The summed E-state index contributed by atoms with van der Waals surface area (Å²) in [4.78, 5) is 23.1. The molecule has 8 nitrogen and oxygen atoms in total. The lowest BCUT2D eigenvalue weighted by Crippen LogP contribution is -2.47. The highest BCUT2D eigenvalue weighted by Gasteiger charge is 2.61. The van der Waals surface area contributed by atoms with Crippen molar-refractivity contribution in [3.63, 3.8) is 0 Å². The van der Waals surface area contributed by atoms with Gasteiger partial charge in [-0.3, -0.25) is 14.9 Å². The second-order valence-electron chi connectivity index (χ2n) is 8.08. The Kier molecular flexibility index (Phi) is 7.23. The van der Waals surface area contributed by atoms with Gasteiger partial charge in [0.05, 0.1) is 11.2 Å². The van der Waals surface area contributed by atoms with Crippen LogP contribution in [0.2, 0.25) is 0 Å². The number of benzene rings is 3. The molecule has 1 unspecified atom stereocenters. The van der Waals surface area contributed by atoms with Gasteiger partial charge in [-0.15, -0.1) is 0 Å². The highest BCUT2D eigenvalue weighted by atomic mass is 32.2. The molecule has 0 aliphatic rings. The maximum absolute atomic E-state index is 14.7. The van der Waals surface area contributed by atoms with E-state index >= 15 is 0 Å². The summed E-state index contributed by atoms with van der Waals surface area (Å²) in [5.74, 6) is -0.713. The van der Waals surface area contributed by atoms with Crippen LogP contribution in [0, 0.1) is 24.0 Å². The largest absolute Gasteiger partial charge is 0.427 e. The number of alkyl halides is 3. The molecule has 1 amide bonds. The number of non-ortho nitro benzene ring substituents is 1. The Morgan fingerprint density at radius 2 is 1.53 bits per heavy atom. The summed E-state index contributed by atoms with van der Waals surface area (Å²) in [5.41, 5.74) is -4.09. The van der Waals surface area contributed by atoms with Gasteiger partial charge >= 0.3 is 6.18 Å². The Hall–Kier alpha value is -3.77. The van der Waals surface area contributed by atoms with Crippen molar-refractivity contribution in [1.82, 2.24) is 0 Å². The van der Waals surface area contributed by atoms with Crippen molar-refractivity contribution >= 4 is 27.4 Å². The fourth-order valence-corrected chi connectivity index (χ4v) is 4.59. The third-order valence-corrected chi connectivity index (χ3v) is 5.91. The number of nitro groups is 1.